The van der Waals surface area contributed by atoms with Gasteiger partial charge in [0.2, 0.25) is 0 Å². The summed E-state index contributed by atoms with van der Waals surface area (Å²) < 4.78 is 2.04. The molecule has 2 heterocycles. The van der Waals surface area contributed by atoms with Gasteiger partial charge in [-0.3, -0.25) is 9.58 Å². The Morgan fingerprint density at radius 3 is 2.63 bits per heavy atom. The maximum Gasteiger partial charge on any atom is 0.0625 e. The second-order valence-corrected chi connectivity index (χ2v) is 5.73. The lowest BCUT2D eigenvalue weighted by Gasteiger charge is -2.43. The Kier molecular flexibility index (Phi) is 4.63. The van der Waals surface area contributed by atoms with Gasteiger partial charge in [-0.05, 0) is 25.3 Å². The van der Waals surface area contributed by atoms with Crippen molar-refractivity contribution in [2.75, 3.05) is 19.6 Å². The third-order valence-corrected chi connectivity index (χ3v) is 4.58. The number of nitrogens with one attached hydrogen (secondary N) is 1. The highest BCUT2D eigenvalue weighted by molar-refractivity contribution is 5.10. The van der Waals surface area contributed by atoms with Gasteiger partial charge in [-0.15, -0.1) is 0 Å². The molecule has 1 saturated heterocycles. The molecule has 2 rings (SSSR count). The molecule has 0 radical (unpaired) electrons. The smallest absolute Gasteiger partial charge is 0.0625 e. The molecule has 19 heavy (non-hydrogen) atoms. The van der Waals surface area contributed by atoms with Gasteiger partial charge < -0.3 is 5.32 Å². The monoisotopic (exact) mass is 264 g/mol. The van der Waals surface area contributed by atoms with Gasteiger partial charge in [0, 0.05) is 38.8 Å². The van der Waals surface area contributed by atoms with Crippen LogP contribution in [0.2, 0.25) is 0 Å². The van der Waals surface area contributed by atoms with Gasteiger partial charge in [-0.1, -0.05) is 20.8 Å². The van der Waals surface area contributed by atoms with E-state index in [1.807, 2.05) is 4.68 Å². The molecule has 0 amide bonds. The van der Waals surface area contributed by atoms with E-state index in [1.165, 1.54) is 24.2 Å². The van der Waals surface area contributed by atoms with E-state index in [9.17, 15) is 0 Å². The third kappa shape index (κ3) is 3.18. The van der Waals surface area contributed by atoms with E-state index in [2.05, 4.69) is 49.2 Å². The van der Waals surface area contributed by atoms with Crippen molar-refractivity contribution in [1.82, 2.24) is 20.0 Å². The molecule has 0 atom stereocenters. The largest absolute Gasteiger partial charge is 0.309 e. The molecule has 1 aromatic heterocycles. The minimum absolute atomic E-state index is 0.310. The van der Waals surface area contributed by atoms with Gasteiger partial charge in [-0.25, -0.2) is 0 Å². The predicted octanol–water partition coefficient (Wildman–Crippen LogP) is 1.95. The first-order valence-electron chi connectivity index (χ1n) is 7.61. The molecule has 4 nitrogen and oxygen atoms in total. The number of aryl methyl sites for hydroxylation is 2. The van der Waals surface area contributed by atoms with Crippen LogP contribution in [0.25, 0.3) is 0 Å². The van der Waals surface area contributed by atoms with Crippen LogP contribution in [0.3, 0.4) is 0 Å². The van der Waals surface area contributed by atoms with Crippen LogP contribution in [-0.2, 0) is 20.0 Å². The molecule has 0 aliphatic carbocycles. The summed E-state index contributed by atoms with van der Waals surface area (Å²) in [4.78, 5) is 2.57. The van der Waals surface area contributed by atoms with Crippen LogP contribution in [0, 0.1) is 0 Å². The lowest BCUT2D eigenvalue weighted by Crippen LogP contribution is -2.59. The van der Waals surface area contributed by atoms with Gasteiger partial charge in [0.05, 0.1) is 11.4 Å². The fourth-order valence-electron chi connectivity index (χ4n) is 3.02. The van der Waals surface area contributed by atoms with E-state index in [-0.39, 0.29) is 0 Å². The number of piperazine rings is 1. The first-order valence-corrected chi connectivity index (χ1v) is 7.61. The molecule has 0 bridgehead atoms. The van der Waals surface area contributed by atoms with Crippen LogP contribution >= 0.6 is 0 Å². The number of aromatic nitrogens is 2. The van der Waals surface area contributed by atoms with Gasteiger partial charge >= 0.3 is 0 Å². The van der Waals surface area contributed by atoms with Crippen molar-refractivity contribution in [3.05, 3.63) is 17.5 Å². The Morgan fingerprint density at radius 1 is 1.32 bits per heavy atom. The van der Waals surface area contributed by atoms with Crippen molar-refractivity contribution < 1.29 is 0 Å². The quantitative estimate of drug-likeness (QED) is 0.882. The Labute approximate surface area is 117 Å². The number of nitrogens with zero attached hydrogens (tertiary/aromatic N) is 3. The maximum absolute atomic E-state index is 4.55. The highest BCUT2D eigenvalue weighted by Gasteiger charge is 2.31. The standard InChI is InChI=1S/C15H28N4/c1-5-13-10-14(18(4)17-13)11-19-9-8-16-15(6-2,7-3)12-19/h10,16H,5-9,11-12H2,1-4H3. The number of rotatable bonds is 5. The molecule has 1 aromatic rings. The SMILES string of the molecule is CCc1cc(CN2CCNC(CC)(CC)C2)n(C)n1. The fraction of sp³-hybridized carbons (Fsp3) is 0.800. The van der Waals surface area contributed by atoms with Crippen LogP contribution in [-0.4, -0.2) is 39.9 Å². The topological polar surface area (TPSA) is 33.1 Å². The lowest BCUT2D eigenvalue weighted by molar-refractivity contribution is 0.116. The average molecular weight is 264 g/mol. The minimum atomic E-state index is 0.310. The highest BCUT2D eigenvalue weighted by Crippen LogP contribution is 2.21. The maximum atomic E-state index is 4.55. The average Bonchev–Trinajstić information content (AvgIpc) is 2.79. The molecule has 0 unspecified atom stereocenters. The molecule has 108 valence electrons. The summed E-state index contributed by atoms with van der Waals surface area (Å²) in [5, 5.41) is 8.26. The molecular weight excluding hydrogens is 236 g/mol. The summed E-state index contributed by atoms with van der Waals surface area (Å²) in [6, 6.07) is 2.25. The summed E-state index contributed by atoms with van der Waals surface area (Å²) in [6.07, 6.45) is 3.42. The van der Waals surface area contributed by atoms with Gasteiger partial charge in [0.15, 0.2) is 0 Å². The zero-order valence-electron chi connectivity index (χ0n) is 12.9. The van der Waals surface area contributed by atoms with Crippen LogP contribution in [0.15, 0.2) is 6.07 Å². The van der Waals surface area contributed by atoms with Crippen molar-refractivity contribution in [2.45, 2.75) is 52.1 Å². The highest BCUT2D eigenvalue weighted by atomic mass is 15.3. The molecular formula is C15H28N4. The minimum Gasteiger partial charge on any atom is -0.309 e. The molecule has 0 aromatic carbocycles. The fourth-order valence-corrected chi connectivity index (χ4v) is 3.02. The van der Waals surface area contributed by atoms with E-state index in [4.69, 9.17) is 0 Å². The van der Waals surface area contributed by atoms with Crippen molar-refractivity contribution in [3.63, 3.8) is 0 Å². The second kappa shape index (κ2) is 6.06. The van der Waals surface area contributed by atoms with Gasteiger partial charge in [-0.2, -0.15) is 5.10 Å². The first kappa shape index (κ1) is 14.5. The Balaban J connectivity index is 2.04. The normalized spacial score (nSPS) is 19.8. The van der Waals surface area contributed by atoms with E-state index in [1.54, 1.807) is 0 Å². The van der Waals surface area contributed by atoms with Crippen molar-refractivity contribution in [1.29, 1.82) is 0 Å². The van der Waals surface area contributed by atoms with Crippen LogP contribution < -0.4 is 5.32 Å². The van der Waals surface area contributed by atoms with E-state index in [0.717, 1.165) is 32.6 Å². The molecule has 1 N–H and O–H groups in total. The summed E-state index contributed by atoms with van der Waals surface area (Å²) in [6.45, 7) is 11.1. The Hall–Kier alpha value is -0.870. The summed E-state index contributed by atoms with van der Waals surface area (Å²) >= 11 is 0. The first-order chi connectivity index (χ1) is 9.12. The predicted molar refractivity (Wildman–Crippen MR) is 79.2 cm³/mol. The van der Waals surface area contributed by atoms with Crippen LogP contribution in [0.5, 0.6) is 0 Å². The molecule has 1 fully saturated rings. The molecule has 4 heteroatoms. The van der Waals surface area contributed by atoms with Crippen molar-refractivity contribution >= 4 is 0 Å². The molecule has 0 spiro atoms. The Morgan fingerprint density at radius 2 is 2.05 bits per heavy atom. The zero-order chi connectivity index (χ0) is 13.9. The molecule has 1 aliphatic rings. The van der Waals surface area contributed by atoms with Crippen LogP contribution in [0.4, 0.5) is 0 Å². The zero-order valence-corrected chi connectivity index (χ0v) is 12.9. The summed E-state index contributed by atoms with van der Waals surface area (Å²) in [5.41, 5.74) is 2.84. The number of hydrogen-bond acceptors (Lipinski definition) is 3. The third-order valence-electron chi connectivity index (χ3n) is 4.58. The van der Waals surface area contributed by atoms with Crippen molar-refractivity contribution in [2.24, 2.45) is 7.05 Å². The summed E-state index contributed by atoms with van der Waals surface area (Å²) in [5.74, 6) is 0. The van der Waals surface area contributed by atoms with Crippen molar-refractivity contribution in [3.8, 4) is 0 Å². The molecule has 0 saturated carbocycles. The Bertz CT molecular complexity index is 406. The van der Waals surface area contributed by atoms with E-state index in [0.29, 0.717) is 5.54 Å². The summed E-state index contributed by atoms with van der Waals surface area (Å²) in [7, 11) is 2.06. The molecule has 1 aliphatic heterocycles. The van der Waals surface area contributed by atoms with E-state index >= 15 is 0 Å². The second-order valence-electron chi connectivity index (χ2n) is 5.73. The van der Waals surface area contributed by atoms with Gasteiger partial charge in [0.25, 0.3) is 0 Å². The van der Waals surface area contributed by atoms with Crippen LogP contribution in [0.1, 0.15) is 45.0 Å². The van der Waals surface area contributed by atoms with E-state index < -0.39 is 0 Å². The number of hydrogen-bond donors (Lipinski definition) is 1. The lowest BCUT2D eigenvalue weighted by atomic mass is 9.90. The van der Waals surface area contributed by atoms with Gasteiger partial charge in [0.1, 0.15) is 0 Å².